The number of carbonyl (C=O) groups excluding carboxylic acids is 2. The molecule has 2 aromatic rings. The second-order valence-electron chi connectivity index (χ2n) is 6.03. The van der Waals surface area contributed by atoms with E-state index in [9.17, 15) is 22.8 Å². The van der Waals surface area contributed by atoms with E-state index in [2.05, 4.69) is 10.3 Å². The van der Waals surface area contributed by atoms with Gasteiger partial charge in [-0.05, 0) is 30.7 Å². The maximum absolute atomic E-state index is 13.2. The SMILES string of the molecule is Cc1cc(C(F)(F)F)c(C#N)c(SCC(=O)c2cc3c(cc2Cl)NC(=O)C3)n1. The normalized spacial score (nSPS) is 13.1. The third-order valence-corrected chi connectivity index (χ3v) is 5.28. The monoisotopic (exact) mass is 425 g/mol. The van der Waals surface area contributed by atoms with E-state index in [-0.39, 0.29) is 39.4 Å². The number of hydrogen-bond acceptors (Lipinski definition) is 5. The summed E-state index contributed by atoms with van der Waals surface area (Å²) in [5, 5.41) is 11.7. The van der Waals surface area contributed by atoms with E-state index in [4.69, 9.17) is 16.9 Å². The smallest absolute Gasteiger partial charge is 0.325 e. The molecule has 0 saturated carbocycles. The zero-order valence-corrected chi connectivity index (χ0v) is 15.8. The minimum Gasteiger partial charge on any atom is -0.325 e. The molecule has 0 unspecified atom stereocenters. The number of nitrogens with one attached hydrogen (secondary N) is 1. The highest BCUT2D eigenvalue weighted by molar-refractivity contribution is 8.00. The maximum Gasteiger partial charge on any atom is 0.417 e. The molecule has 3 rings (SSSR count). The number of pyridine rings is 1. The fourth-order valence-corrected chi connectivity index (χ4v) is 3.95. The molecule has 0 aliphatic carbocycles. The fraction of sp³-hybridized carbons (Fsp3) is 0.222. The highest BCUT2D eigenvalue weighted by Gasteiger charge is 2.35. The van der Waals surface area contributed by atoms with Gasteiger partial charge in [0.05, 0.1) is 28.3 Å². The number of thioether (sulfide) groups is 1. The molecule has 2 heterocycles. The summed E-state index contributed by atoms with van der Waals surface area (Å²) in [6.07, 6.45) is -4.59. The Morgan fingerprint density at radius 3 is 2.75 bits per heavy atom. The predicted octanol–water partition coefficient (Wildman–Crippen LogP) is 4.40. The summed E-state index contributed by atoms with van der Waals surface area (Å²) >= 11 is 6.84. The van der Waals surface area contributed by atoms with Crippen LogP contribution in [0.2, 0.25) is 5.02 Å². The van der Waals surface area contributed by atoms with Crippen LogP contribution in [0.25, 0.3) is 0 Å². The number of nitriles is 1. The number of carbonyl (C=O) groups is 2. The van der Waals surface area contributed by atoms with Crippen molar-refractivity contribution in [3.63, 3.8) is 0 Å². The Morgan fingerprint density at radius 2 is 2.11 bits per heavy atom. The molecule has 0 fully saturated rings. The molecule has 1 aliphatic rings. The highest BCUT2D eigenvalue weighted by atomic mass is 35.5. The van der Waals surface area contributed by atoms with Gasteiger partial charge in [0, 0.05) is 16.9 Å². The van der Waals surface area contributed by atoms with Gasteiger partial charge in [-0.25, -0.2) is 4.98 Å². The summed E-state index contributed by atoms with van der Waals surface area (Å²) in [5.41, 5.74) is -0.314. The molecule has 0 bridgehead atoms. The summed E-state index contributed by atoms with van der Waals surface area (Å²) in [6.45, 7) is 1.38. The van der Waals surface area contributed by atoms with E-state index < -0.39 is 23.1 Å². The van der Waals surface area contributed by atoms with Gasteiger partial charge in [0.15, 0.2) is 5.78 Å². The Labute approximate surface area is 166 Å². The van der Waals surface area contributed by atoms with Crippen LogP contribution in [-0.4, -0.2) is 22.4 Å². The van der Waals surface area contributed by atoms with Gasteiger partial charge in [-0.3, -0.25) is 9.59 Å². The molecule has 0 radical (unpaired) electrons. The number of halogens is 4. The minimum atomic E-state index is -4.71. The molecule has 0 atom stereocenters. The summed E-state index contributed by atoms with van der Waals surface area (Å²) in [7, 11) is 0. The topological polar surface area (TPSA) is 82.9 Å². The summed E-state index contributed by atoms with van der Waals surface area (Å²) in [4.78, 5) is 28.0. The minimum absolute atomic E-state index is 0.0847. The standard InChI is InChI=1S/C18H11ClF3N3O2S/c1-8-2-12(18(20,21)22)11(6-23)17(24-8)28-7-15(26)10-3-9-4-16(27)25-14(9)5-13(10)19/h2-3,5H,4,7H2,1H3,(H,25,27). The van der Waals surface area contributed by atoms with Gasteiger partial charge in [-0.1, -0.05) is 23.4 Å². The number of ketones is 1. The van der Waals surface area contributed by atoms with Crippen LogP contribution in [0.1, 0.15) is 32.7 Å². The van der Waals surface area contributed by atoms with Crippen molar-refractivity contribution >= 4 is 40.7 Å². The Kier molecular flexibility index (Phi) is 5.37. The lowest BCUT2D eigenvalue weighted by Gasteiger charge is -2.13. The first-order chi connectivity index (χ1) is 13.1. The highest BCUT2D eigenvalue weighted by Crippen LogP contribution is 2.36. The van der Waals surface area contributed by atoms with E-state index >= 15 is 0 Å². The average molecular weight is 426 g/mol. The van der Waals surface area contributed by atoms with Crippen molar-refractivity contribution in [2.45, 2.75) is 24.5 Å². The lowest BCUT2D eigenvalue weighted by atomic mass is 10.1. The molecule has 28 heavy (non-hydrogen) atoms. The first kappa shape index (κ1) is 20.2. The third kappa shape index (κ3) is 3.98. The van der Waals surface area contributed by atoms with Crippen LogP contribution in [0.5, 0.6) is 0 Å². The Hall–Kier alpha value is -2.57. The van der Waals surface area contributed by atoms with Gasteiger partial charge >= 0.3 is 6.18 Å². The molecular weight excluding hydrogens is 415 g/mol. The number of benzene rings is 1. The van der Waals surface area contributed by atoms with Gasteiger partial charge in [-0.2, -0.15) is 18.4 Å². The van der Waals surface area contributed by atoms with Crippen molar-refractivity contribution in [3.8, 4) is 6.07 Å². The first-order valence-corrected chi connectivity index (χ1v) is 9.23. The molecule has 10 heteroatoms. The molecule has 1 aliphatic heterocycles. The Bertz CT molecular complexity index is 1050. The second-order valence-corrected chi connectivity index (χ2v) is 7.40. The van der Waals surface area contributed by atoms with Crippen molar-refractivity contribution in [2.75, 3.05) is 11.1 Å². The molecule has 144 valence electrons. The van der Waals surface area contributed by atoms with Crippen LogP contribution in [0.3, 0.4) is 0 Å². The maximum atomic E-state index is 13.2. The van der Waals surface area contributed by atoms with Crippen molar-refractivity contribution < 1.29 is 22.8 Å². The number of aryl methyl sites for hydroxylation is 1. The molecule has 1 amide bonds. The van der Waals surface area contributed by atoms with Crippen LogP contribution in [0, 0.1) is 18.3 Å². The van der Waals surface area contributed by atoms with E-state index in [1.807, 2.05) is 0 Å². The van der Waals surface area contributed by atoms with E-state index in [1.165, 1.54) is 25.1 Å². The zero-order valence-electron chi connectivity index (χ0n) is 14.3. The molecule has 1 aromatic heterocycles. The number of fused-ring (bicyclic) bond motifs is 1. The van der Waals surface area contributed by atoms with E-state index in [1.54, 1.807) is 0 Å². The number of nitrogens with zero attached hydrogens (tertiary/aromatic N) is 2. The lowest BCUT2D eigenvalue weighted by Crippen LogP contribution is -2.11. The Balaban J connectivity index is 1.87. The Morgan fingerprint density at radius 1 is 1.39 bits per heavy atom. The number of rotatable bonds is 4. The van der Waals surface area contributed by atoms with Gasteiger partial charge in [0.1, 0.15) is 11.1 Å². The van der Waals surface area contributed by atoms with Crippen LogP contribution in [-0.2, 0) is 17.4 Å². The number of Topliss-reactive ketones (excluding diaryl/α,β-unsaturated/α-hetero) is 1. The van der Waals surface area contributed by atoms with Crippen molar-refractivity contribution in [2.24, 2.45) is 0 Å². The fourth-order valence-electron chi connectivity index (χ4n) is 2.75. The van der Waals surface area contributed by atoms with Crippen LogP contribution in [0.4, 0.5) is 18.9 Å². The summed E-state index contributed by atoms with van der Waals surface area (Å²) in [5.74, 6) is -0.923. The molecular formula is C18H11ClF3N3O2S. The second kappa shape index (κ2) is 7.45. The van der Waals surface area contributed by atoms with Crippen molar-refractivity contribution in [3.05, 3.63) is 51.2 Å². The quantitative estimate of drug-likeness (QED) is 0.579. The zero-order chi connectivity index (χ0) is 20.6. The lowest BCUT2D eigenvalue weighted by molar-refractivity contribution is -0.138. The first-order valence-electron chi connectivity index (χ1n) is 7.87. The van der Waals surface area contributed by atoms with Crippen molar-refractivity contribution in [1.82, 2.24) is 4.98 Å². The number of amides is 1. The van der Waals surface area contributed by atoms with Crippen LogP contribution < -0.4 is 5.32 Å². The van der Waals surface area contributed by atoms with Gasteiger partial charge in [0.25, 0.3) is 0 Å². The van der Waals surface area contributed by atoms with Crippen LogP contribution in [0.15, 0.2) is 23.2 Å². The number of hydrogen-bond donors (Lipinski definition) is 1. The molecule has 0 saturated heterocycles. The summed E-state index contributed by atoms with van der Waals surface area (Å²) in [6, 6.07) is 5.28. The number of alkyl halides is 3. The predicted molar refractivity (Wildman–Crippen MR) is 97.5 cm³/mol. The summed E-state index contributed by atoms with van der Waals surface area (Å²) < 4.78 is 39.5. The largest absolute Gasteiger partial charge is 0.417 e. The third-order valence-electron chi connectivity index (χ3n) is 3.99. The molecule has 1 aromatic carbocycles. The number of aromatic nitrogens is 1. The van der Waals surface area contributed by atoms with E-state index in [0.717, 1.165) is 17.8 Å². The molecule has 5 nitrogen and oxygen atoms in total. The van der Waals surface area contributed by atoms with Gasteiger partial charge < -0.3 is 5.32 Å². The van der Waals surface area contributed by atoms with Crippen molar-refractivity contribution in [1.29, 1.82) is 5.26 Å². The average Bonchev–Trinajstić information content (AvgIpc) is 2.96. The number of anilines is 1. The molecule has 0 spiro atoms. The van der Waals surface area contributed by atoms with Gasteiger partial charge in [-0.15, -0.1) is 0 Å². The molecule has 1 N–H and O–H groups in total. The van der Waals surface area contributed by atoms with E-state index in [0.29, 0.717) is 11.3 Å². The van der Waals surface area contributed by atoms with Crippen LogP contribution >= 0.6 is 23.4 Å². The van der Waals surface area contributed by atoms with Gasteiger partial charge in [0.2, 0.25) is 5.91 Å².